The van der Waals surface area contributed by atoms with Gasteiger partial charge >= 0.3 is 6.09 Å². The Hall–Kier alpha value is -1.59. The molecule has 0 spiro atoms. The van der Waals surface area contributed by atoms with Crippen LogP contribution in [0.3, 0.4) is 0 Å². The highest BCUT2D eigenvalue weighted by Crippen LogP contribution is 2.11. The van der Waals surface area contributed by atoms with Crippen LogP contribution in [0.25, 0.3) is 0 Å². The highest BCUT2D eigenvalue weighted by molar-refractivity contribution is 14.0. The molecule has 0 atom stereocenters. The zero-order valence-electron chi connectivity index (χ0n) is 16.3. The largest absolute Gasteiger partial charge is 0.450 e. The van der Waals surface area contributed by atoms with E-state index in [1.165, 1.54) is 0 Å². The molecular formula is C17H32IN7O2. The first-order valence-electron chi connectivity index (χ1n) is 9.51. The van der Waals surface area contributed by atoms with E-state index in [9.17, 15) is 4.79 Å². The number of hydrogen-bond donors (Lipinski definition) is 2. The fourth-order valence-corrected chi connectivity index (χ4v) is 2.87. The number of aliphatic imine (C=N–C) groups is 1. The van der Waals surface area contributed by atoms with Crippen LogP contribution in [0, 0.1) is 0 Å². The number of hydrogen-bond acceptors (Lipinski definition) is 5. The SMILES string of the molecule is CCNC(=NCCCCn1cnnc1)NC1CCN(C(=O)OCC)CC1.I. The molecule has 2 heterocycles. The maximum atomic E-state index is 11.8. The molecule has 1 aromatic heterocycles. The number of aromatic nitrogens is 3. The van der Waals surface area contributed by atoms with E-state index in [1.54, 1.807) is 17.6 Å². The van der Waals surface area contributed by atoms with Crippen molar-refractivity contribution < 1.29 is 9.53 Å². The Morgan fingerprint density at radius 1 is 1.22 bits per heavy atom. The smallest absolute Gasteiger partial charge is 0.409 e. The van der Waals surface area contributed by atoms with Gasteiger partial charge in [-0.2, -0.15) is 0 Å². The third-order valence-electron chi connectivity index (χ3n) is 4.27. The van der Waals surface area contributed by atoms with E-state index >= 15 is 0 Å². The lowest BCUT2D eigenvalue weighted by Gasteiger charge is -2.32. The van der Waals surface area contributed by atoms with Crippen LogP contribution in [0.15, 0.2) is 17.6 Å². The summed E-state index contributed by atoms with van der Waals surface area (Å²) in [6.45, 7) is 8.27. The van der Waals surface area contributed by atoms with E-state index in [0.717, 1.165) is 64.4 Å². The number of amides is 1. The van der Waals surface area contributed by atoms with Gasteiger partial charge in [0.15, 0.2) is 5.96 Å². The molecule has 1 fully saturated rings. The summed E-state index contributed by atoms with van der Waals surface area (Å²) in [7, 11) is 0. The molecule has 1 aromatic rings. The molecule has 27 heavy (non-hydrogen) atoms. The molecule has 1 saturated heterocycles. The van der Waals surface area contributed by atoms with Gasteiger partial charge in [0.1, 0.15) is 12.7 Å². The highest BCUT2D eigenvalue weighted by Gasteiger charge is 2.23. The number of aryl methyl sites for hydroxylation is 1. The Labute approximate surface area is 178 Å². The van der Waals surface area contributed by atoms with Gasteiger partial charge in [-0.1, -0.05) is 0 Å². The number of carbonyl (C=O) groups is 1. The molecule has 0 unspecified atom stereocenters. The Morgan fingerprint density at radius 2 is 1.93 bits per heavy atom. The fourth-order valence-electron chi connectivity index (χ4n) is 2.87. The quantitative estimate of drug-likeness (QED) is 0.249. The minimum atomic E-state index is -0.209. The van der Waals surface area contributed by atoms with Gasteiger partial charge in [0, 0.05) is 38.8 Å². The van der Waals surface area contributed by atoms with Crippen LogP contribution in [0.5, 0.6) is 0 Å². The van der Waals surface area contributed by atoms with Crippen LogP contribution in [0.2, 0.25) is 0 Å². The van der Waals surface area contributed by atoms with E-state index in [2.05, 4.69) is 32.7 Å². The zero-order valence-corrected chi connectivity index (χ0v) is 18.6. The maximum Gasteiger partial charge on any atom is 0.409 e. The normalized spacial score (nSPS) is 15.2. The molecule has 0 radical (unpaired) electrons. The highest BCUT2D eigenvalue weighted by atomic mass is 127. The summed E-state index contributed by atoms with van der Waals surface area (Å²) in [5.41, 5.74) is 0. The second-order valence-electron chi connectivity index (χ2n) is 6.27. The predicted octanol–water partition coefficient (Wildman–Crippen LogP) is 1.85. The van der Waals surface area contributed by atoms with Crippen molar-refractivity contribution in [2.24, 2.45) is 4.99 Å². The molecule has 0 aliphatic carbocycles. The standard InChI is InChI=1S/C17H31N7O2.HI/c1-3-18-16(19-9-5-6-10-23-13-20-21-14-23)22-15-7-11-24(12-8-15)17(25)26-4-2;/h13-15H,3-12H2,1-2H3,(H2,18,19,22);1H. The topological polar surface area (TPSA) is 96.7 Å². The summed E-state index contributed by atoms with van der Waals surface area (Å²) in [5, 5.41) is 14.4. The summed E-state index contributed by atoms with van der Waals surface area (Å²) in [5.74, 6) is 0.853. The third-order valence-corrected chi connectivity index (χ3v) is 4.27. The van der Waals surface area contributed by atoms with Crippen LogP contribution >= 0.6 is 24.0 Å². The number of nitrogens with one attached hydrogen (secondary N) is 2. The van der Waals surface area contributed by atoms with Gasteiger partial charge in [-0.25, -0.2) is 4.79 Å². The third kappa shape index (κ3) is 8.76. The number of likely N-dealkylation sites (tertiary alicyclic amines) is 1. The number of piperidine rings is 1. The van der Waals surface area contributed by atoms with Gasteiger partial charge in [-0.3, -0.25) is 4.99 Å². The second kappa shape index (κ2) is 13.6. The predicted molar refractivity (Wildman–Crippen MR) is 115 cm³/mol. The summed E-state index contributed by atoms with van der Waals surface area (Å²) >= 11 is 0. The minimum Gasteiger partial charge on any atom is -0.450 e. The Kier molecular flexibility index (Phi) is 11.8. The van der Waals surface area contributed by atoms with Crippen LogP contribution in [0.1, 0.15) is 39.5 Å². The van der Waals surface area contributed by atoms with Crippen molar-refractivity contribution in [2.75, 3.05) is 32.8 Å². The van der Waals surface area contributed by atoms with Crippen molar-refractivity contribution in [1.82, 2.24) is 30.3 Å². The summed E-state index contributed by atoms with van der Waals surface area (Å²) in [6, 6.07) is 0.329. The minimum absolute atomic E-state index is 0. The lowest BCUT2D eigenvalue weighted by molar-refractivity contribution is 0.0963. The fraction of sp³-hybridized carbons (Fsp3) is 0.765. The molecule has 0 bridgehead atoms. The Balaban J connectivity index is 0.00000364. The summed E-state index contributed by atoms with van der Waals surface area (Å²) in [6.07, 6.45) is 7.11. The van der Waals surface area contributed by atoms with Crippen molar-refractivity contribution in [1.29, 1.82) is 0 Å². The van der Waals surface area contributed by atoms with Crippen molar-refractivity contribution >= 4 is 36.0 Å². The maximum absolute atomic E-state index is 11.8. The molecule has 154 valence electrons. The molecular weight excluding hydrogens is 461 g/mol. The first kappa shape index (κ1) is 23.4. The molecule has 10 heteroatoms. The number of halogens is 1. The average Bonchev–Trinajstić information content (AvgIpc) is 3.16. The van der Waals surface area contributed by atoms with Crippen LogP contribution in [-0.2, 0) is 11.3 Å². The average molecular weight is 493 g/mol. The van der Waals surface area contributed by atoms with E-state index in [1.807, 2.05) is 11.5 Å². The van der Waals surface area contributed by atoms with Gasteiger partial charge in [-0.15, -0.1) is 34.2 Å². The van der Waals surface area contributed by atoms with Crippen molar-refractivity contribution in [2.45, 2.75) is 52.1 Å². The van der Waals surface area contributed by atoms with Crippen LogP contribution in [0.4, 0.5) is 4.79 Å². The van der Waals surface area contributed by atoms with Gasteiger partial charge in [0.2, 0.25) is 0 Å². The van der Waals surface area contributed by atoms with Crippen molar-refractivity contribution in [3.63, 3.8) is 0 Å². The van der Waals surface area contributed by atoms with Crippen LogP contribution in [-0.4, -0.2) is 70.5 Å². The van der Waals surface area contributed by atoms with E-state index < -0.39 is 0 Å². The number of ether oxygens (including phenoxy) is 1. The van der Waals surface area contributed by atoms with Gasteiger partial charge < -0.3 is 24.8 Å². The van der Waals surface area contributed by atoms with Gasteiger partial charge in [0.25, 0.3) is 0 Å². The lowest BCUT2D eigenvalue weighted by Crippen LogP contribution is -2.49. The van der Waals surface area contributed by atoms with E-state index in [-0.39, 0.29) is 30.1 Å². The summed E-state index contributed by atoms with van der Waals surface area (Å²) < 4.78 is 7.04. The van der Waals surface area contributed by atoms with E-state index in [4.69, 9.17) is 4.74 Å². The molecule has 0 saturated carbocycles. The number of rotatable bonds is 8. The molecule has 2 N–H and O–H groups in total. The first-order chi connectivity index (χ1) is 12.7. The molecule has 1 aliphatic heterocycles. The van der Waals surface area contributed by atoms with Gasteiger partial charge in [0.05, 0.1) is 6.61 Å². The molecule has 9 nitrogen and oxygen atoms in total. The lowest BCUT2D eigenvalue weighted by atomic mass is 10.1. The zero-order chi connectivity index (χ0) is 18.6. The molecule has 0 aromatic carbocycles. The van der Waals surface area contributed by atoms with E-state index in [0.29, 0.717) is 12.6 Å². The second-order valence-corrected chi connectivity index (χ2v) is 6.27. The van der Waals surface area contributed by atoms with Crippen molar-refractivity contribution in [3.05, 3.63) is 12.7 Å². The van der Waals surface area contributed by atoms with Crippen LogP contribution < -0.4 is 10.6 Å². The Bertz CT molecular complexity index is 545. The first-order valence-corrected chi connectivity index (χ1v) is 9.51. The van der Waals surface area contributed by atoms with Crippen molar-refractivity contribution in [3.8, 4) is 0 Å². The van der Waals surface area contributed by atoms with Gasteiger partial charge in [-0.05, 0) is 39.5 Å². The number of guanidine groups is 1. The number of carbonyl (C=O) groups excluding carboxylic acids is 1. The number of nitrogens with zero attached hydrogens (tertiary/aromatic N) is 5. The molecule has 2 rings (SSSR count). The summed E-state index contributed by atoms with van der Waals surface area (Å²) in [4.78, 5) is 18.2. The molecule has 1 aliphatic rings. The number of unbranched alkanes of at least 4 members (excludes halogenated alkanes) is 1. The molecule has 1 amide bonds. The monoisotopic (exact) mass is 493 g/mol. The Morgan fingerprint density at radius 3 is 2.56 bits per heavy atom.